The summed E-state index contributed by atoms with van der Waals surface area (Å²) in [7, 11) is 0. The highest BCUT2D eigenvalue weighted by Gasteiger charge is 2.62. The van der Waals surface area contributed by atoms with Crippen LogP contribution in [-0.4, -0.2) is 46.9 Å². The molecule has 0 aromatic heterocycles. The maximum Gasteiger partial charge on any atom is 0.238 e. The molecule has 0 spiro atoms. The fourth-order valence-electron chi connectivity index (χ4n) is 9.50. The summed E-state index contributed by atoms with van der Waals surface area (Å²) in [5.74, 6) is -6.12. The maximum absolute atomic E-state index is 14.7. The third-order valence-corrected chi connectivity index (χ3v) is 12.1. The molecule has 2 saturated heterocycles. The van der Waals surface area contributed by atoms with Crippen molar-refractivity contribution in [3.63, 3.8) is 0 Å². The molecular formula is C48H38N2O8. The first-order chi connectivity index (χ1) is 28.2. The van der Waals surface area contributed by atoms with Gasteiger partial charge in [0.1, 0.15) is 0 Å². The van der Waals surface area contributed by atoms with E-state index < -0.39 is 53.2 Å². The van der Waals surface area contributed by atoms with Gasteiger partial charge >= 0.3 is 0 Å². The van der Waals surface area contributed by atoms with Crippen molar-refractivity contribution in [3.05, 3.63) is 167 Å². The number of hydrogen-bond acceptors (Lipinski definition) is 8. The second-order valence-corrected chi connectivity index (χ2v) is 15.2. The number of ether oxygens (including phenoxy) is 1. The molecule has 0 radical (unpaired) electrons. The Morgan fingerprint density at radius 2 is 1.10 bits per heavy atom. The number of hydrogen-bond donors (Lipinski definition) is 1. The van der Waals surface area contributed by atoms with Crippen molar-refractivity contribution in [1.82, 2.24) is 0 Å². The first-order valence-electron chi connectivity index (χ1n) is 19.5. The number of amides is 4. The van der Waals surface area contributed by atoms with Crippen LogP contribution in [0.1, 0.15) is 63.1 Å². The summed E-state index contributed by atoms with van der Waals surface area (Å²) in [4.78, 5) is 86.5. The monoisotopic (exact) mass is 770 g/mol. The Labute approximate surface area is 334 Å². The van der Waals surface area contributed by atoms with Gasteiger partial charge in [-0.15, -0.1) is 0 Å². The molecule has 2 heterocycles. The lowest BCUT2D eigenvalue weighted by atomic mass is 9.57. The second kappa shape index (κ2) is 14.5. The van der Waals surface area contributed by atoms with Crippen LogP contribution >= 0.6 is 0 Å². The van der Waals surface area contributed by atoms with E-state index >= 15 is 0 Å². The number of nitrogens with zero attached hydrogens (tertiary/aromatic N) is 2. The topological polar surface area (TPSA) is 138 Å². The summed E-state index contributed by atoms with van der Waals surface area (Å²) in [5, 5.41) is 10.6. The quantitative estimate of drug-likeness (QED) is 0.0937. The number of anilines is 2. The van der Waals surface area contributed by atoms with Crippen LogP contribution in [0.3, 0.4) is 0 Å². The van der Waals surface area contributed by atoms with Gasteiger partial charge in [0, 0.05) is 28.2 Å². The number of aromatic hydroxyl groups is 1. The van der Waals surface area contributed by atoms with E-state index in [1.165, 1.54) is 15.9 Å². The van der Waals surface area contributed by atoms with Crippen molar-refractivity contribution in [2.24, 2.45) is 29.6 Å². The normalized spacial score (nSPS) is 23.6. The number of fused-ring (bicyclic) bond motifs is 4. The largest absolute Gasteiger partial charge is 0.504 e. The third-order valence-electron chi connectivity index (χ3n) is 12.1. The minimum atomic E-state index is -0.839. The molecule has 0 unspecified atom stereocenters. The number of carbonyl (C=O) groups is 6. The molecule has 5 aromatic carbocycles. The number of rotatable bonds is 9. The average molecular weight is 771 g/mol. The Morgan fingerprint density at radius 1 is 0.603 bits per heavy atom. The van der Waals surface area contributed by atoms with Crippen LogP contribution in [0.2, 0.25) is 0 Å². The molecule has 1 N–H and O–H groups in total. The molecule has 2 aliphatic carbocycles. The Morgan fingerprint density at radius 3 is 1.64 bits per heavy atom. The molecular weight excluding hydrogens is 733 g/mol. The highest BCUT2D eigenvalue weighted by atomic mass is 16.5. The third kappa shape index (κ3) is 5.95. The first-order valence-corrected chi connectivity index (χ1v) is 19.5. The van der Waals surface area contributed by atoms with Crippen molar-refractivity contribution in [2.75, 3.05) is 16.4 Å². The van der Waals surface area contributed by atoms with Gasteiger partial charge in [-0.2, -0.15) is 0 Å². The van der Waals surface area contributed by atoms with Gasteiger partial charge in [0.2, 0.25) is 23.6 Å². The van der Waals surface area contributed by atoms with E-state index in [9.17, 15) is 33.9 Å². The lowest BCUT2D eigenvalue weighted by Gasteiger charge is -2.44. The first kappa shape index (κ1) is 36.7. The zero-order chi connectivity index (χ0) is 40.2. The Balaban J connectivity index is 1.06. The van der Waals surface area contributed by atoms with Gasteiger partial charge < -0.3 is 9.84 Å². The molecule has 4 amide bonds. The van der Waals surface area contributed by atoms with Crippen LogP contribution in [0.4, 0.5) is 11.4 Å². The van der Waals surface area contributed by atoms with Gasteiger partial charge in [0.25, 0.3) is 0 Å². The summed E-state index contributed by atoms with van der Waals surface area (Å²) in [5.41, 5.74) is 3.99. The van der Waals surface area contributed by atoms with Crippen LogP contribution in [-0.2, 0) is 19.2 Å². The van der Waals surface area contributed by atoms with Crippen LogP contribution in [0.15, 0.2) is 139 Å². The van der Waals surface area contributed by atoms with Gasteiger partial charge in [-0.3, -0.25) is 38.6 Å². The standard InChI is InChI=1S/C48H38N2O8/c1-2-58-39-25-31(17-24-38(39)51)40-34-22-23-35-41(47(56)49(45(35)54)32-18-13-29(14-19-32)43(52)27-9-5-3-6-10-27)36(34)26-37-42(40)48(57)50(46(37)55)33-20-15-30(16-21-33)44(53)28-11-7-4-8-12-28/h3-22,24-25,35-37,40-42,51H,2,23,26H2,1H3/t35-,36+,37+,40-,41-,42+/m0/s1. The van der Waals surface area contributed by atoms with Crippen molar-refractivity contribution in [3.8, 4) is 11.5 Å². The van der Waals surface area contributed by atoms with E-state index in [1.807, 2.05) is 18.2 Å². The molecule has 4 aliphatic rings. The van der Waals surface area contributed by atoms with E-state index in [0.29, 0.717) is 39.2 Å². The number of ketones is 2. The smallest absolute Gasteiger partial charge is 0.238 e. The Kier molecular flexibility index (Phi) is 9.19. The molecule has 1 saturated carbocycles. The fourth-order valence-corrected chi connectivity index (χ4v) is 9.50. The van der Waals surface area contributed by atoms with Crippen LogP contribution in [0.25, 0.3) is 0 Å². The van der Waals surface area contributed by atoms with Gasteiger partial charge in [-0.25, -0.2) is 0 Å². The van der Waals surface area contributed by atoms with E-state index in [1.54, 1.807) is 116 Å². The van der Waals surface area contributed by atoms with Gasteiger partial charge in [0.05, 0.1) is 41.7 Å². The molecule has 10 nitrogen and oxygen atoms in total. The van der Waals surface area contributed by atoms with Gasteiger partial charge in [0.15, 0.2) is 23.1 Å². The minimum Gasteiger partial charge on any atom is -0.504 e. The van der Waals surface area contributed by atoms with Gasteiger partial charge in [-0.05, 0) is 91.9 Å². The predicted molar refractivity (Wildman–Crippen MR) is 214 cm³/mol. The van der Waals surface area contributed by atoms with E-state index in [2.05, 4.69) is 0 Å². The van der Waals surface area contributed by atoms with Crippen LogP contribution < -0.4 is 14.5 Å². The summed E-state index contributed by atoms with van der Waals surface area (Å²) in [6.45, 7) is 2.08. The zero-order valence-electron chi connectivity index (χ0n) is 31.5. The molecule has 3 fully saturated rings. The average Bonchev–Trinajstić information content (AvgIpc) is 3.67. The number of phenolic OH excluding ortho intramolecular Hbond substituents is 1. The van der Waals surface area contributed by atoms with Crippen molar-refractivity contribution >= 4 is 46.6 Å². The number of allylic oxidation sites excluding steroid dienone is 2. The second-order valence-electron chi connectivity index (χ2n) is 15.2. The molecule has 6 atom stereocenters. The van der Waals surface area contributed by atoms with Gasteiger partial charge in [-0.1, -0.05) is 78.4 Å². The fraction of sp³-hybridized carbons (Fsp3) is 0.208. The SMILES string of the molecule is CCOc1cc([C@H]2C3=CC[C@@H]4C(=O)N(c5ccc(C(=O)c6ccccc6)cc5)C(=O)[C@@H]4[C@@H]3C[C@H]3C(=O)N(c4ccc(C(=O)c5ccccc5)cc4)C(=O)[C@@H]23)ccc1O. The number of benzene rings is 5. The predicted octanol–water partition coefficient (Wildman–Crippen LogP) is 7.30. The van der Waals surface area contributed by atoms with Crippen LogP contribution in [0, 0.1) is 29.6 Å². The Hall–Kier alpha value is -6.94. The molecule has 0 bridgehead atoms. The number of imide groups is 2. The maximum atomic E-state index is 14.7. The highest BCUT2D eigenvalue weighted by molar-refractivity contribution is 6.24. The summed E-state index contributed by atoms with van der Waals surface area (Å²) < 4.78 is 5.74. The Bertz CT molecular complexity index is 2530. The van der Waals surface area contributed by atoms with E-state index in [-0.39, 0.29) is 48.4 Å². The summed E-state index contributed by atoms with van der Waals surface area (Å²) in [6.07, 6.45) is 2.39. The van der Waals surface area contributed by atoms with Crippen molar-refractivity contribution in [2.45, 2.75) is 25.7 Å². The lowest BCUT2D eigenvalue weighted by molar-refractivity contribution is -0.126. The van der Waals surface area contributed by atoms with E-state index in [4.69, 9.17) is 4.74 Å². The van der Waals surface area contributed by atoms with Crippen molar-refractivity contribution in [1.29, 1.82) is 0 Å². The highest BCUT2D eigenvalue weighted by Crippen LogP contribution is 2.59. The summed E-state index contributed by atoms with van der Waals surface area (Å²) >= 11 is 0. The molecule has 58 heavy (non-hydrogen) atoms. The summed E-state index contributed by atoms with van der Waals surface area (Å²) in [6, 6.07) is 35.4. The number of carbonyl (C=O) groups excluding carboxylic acids is 6. The minimum absolute atomic E-state index is 0.0727. The van der Waals surface area contributed by atoms with Crippen molar-refractivity contribution < 1.29 is 38.6 Å². The molecule has 5 aromatic rings. The van der Waals surface area contributed by atoms with Crippen LogP contribution in [0.5, 0.6) is 11.5 Å². The lowest BCUT2D eigenvalue weighted by Crippen LogP contribution is -2.43. The zero-order valence-corrected chi connectivity index (χ0v) is 31.5. The molecule has 10 heteroatoms. The number of phenols is 1. The molecule has 2 aliphatic heterocycles. The molecule has 288 valence electrons. The molecule has 9 rings (SSSR count). The van der Waals surface area contributed by atoms with E-state index in [0.717, 1.165) is 5.57 Å².